The largest absolute Gasteiger partial charge is 0.340 e. The van der Waals surface area contributed by atoms with E-state index < -0.39 is 12.1 Å². The number of urea groups is 1. The number of likely N-dealkylation sites (tertiary alicyclic amines) is 1. The summed E-state index contributed by atoms with van der Waals surface area (Å²) in [5, 5.41) is 4.76. The molecule has 2 saturated heterocycles. The Labute approximate surface area is 117 Å². The molecule has 0 aromatic heterocycles. The number of nitrogens with one attached hydrogen (secondary N) is 2. The van der Waals surface area contributed by atoms with Gasteiger partial charge in [0.25, 0.3) is 0 Å². The lowest BCUT2D eigenvalue weighted by Crippen LogP contribution is -2.56. The molecule has 0 aromatic rings. The normalized spacial score (nSPS) is 37.1. The second-order valence-electron chi connectivity index (χ2n) is 6.03. The van der Waals surface area contributed by atoms with E-state index in [0.717, 1.165) is 12.8 Å². The number of nitrogens with two attached hydrogens (primary N) is 1. The van der Waals surface area contributed by atoms with Gasteiger partial charge in [-0.2, -0.15) is 0 Å². The number of imide groups is 1. The maximum atomic E-state index is 12.5. The van der Waals surface area contributed by atoms with Crippen LogP contribution < -0.4 is 16.4 Å². The minimum atomic E-state index is -0.602. The lowest BCUT2D eigenvalue weighted by molar-refractivity contribution is -0.135. The van der Waals surface area contributed by atoms with Crippen LogP contribution in [0, 0.1) is 11.8 Å². The number of hydrogen-bond acceptors (Lipinski definition) is 4. The van der Waals surface area contributed by atoms with E-state index in [9.17, 15) is 14.4 Å². The highest BCUT2D eigenvalue weighted by Crippen LogP contribution is 2.35. The average Bonchev–Trinajstić information content (AvgIpc) is 2.61. The lowest BCUT2D eigenvalue weighted by Gasteiger charge is -2.37. The summed E-state index contributed by atoms with van der Waals surface area (Å²) >= 11 is 0. The van der Waals surface area contributed by atoms with Crippen LogP contribution in [0.4, 0.5) is 4.79 Å². The number of rotatable bonds is 1. The Morgan fingerprint density at radius 1 is 1.15 bits per heavy atom. The summed E-state index contributed by atoms with van der Waals surface area (Å²) < 4.78 is 0. The fourth-order valence-electron chi connectivity index (χ4n) is 3.58. The molecule has 0 radical (unpaired) electrons. The SMILES string of the molecule is NC1[C@@H]2CC[C@H]1CN(C(=O)C1CCC(=O)NC(=O)N1)C2. The Bertz CT molecular complexity index is 439. The zero-order valence-corrected chi connectivity index (χ0v) is 11.3. The molecule has 7 nitrogen and oxygen atoms in total. The standard InChI is InChI=1S/C13H20N4O3/c14-11-7-1-2-8(11)6-17(5-7)12(19)9-3-4-10(18)16-13(20)15-9/h7-9,11H,1-6,14H2,(H2,15,16,18,20)/t7-,8+,9?,11?. The Hall–Kier alpha value is -1.63. The van der Waals surface area contributed by atoms with Crippen molar-refractivity contribution < 1.29 is 14.4 Å². The first-order valence-corrected chi connectivity index (χ1v) is 7.19. The zero-order chi connectivity index (χ0) is 14.3. The van der Waals surface area contributed by atoms with Crippen LogP contribution in [-0.4, -0.2) is 47.9 Å². The van der Waals surface area contributed by atoms with Gasteiger partial charge in [-0.15, -0.1) is 0 Å². The molecule has 2 aliphatic heterocycles. The zero-order valence-electron chi connectivity index (χ0n) is 11.3. The third-order valence-corrected chi connectivity index (χ3v) is 4.73. The van der Waals surface area contributed by atoms with Crippen LogP contribution in [0.5, 0.6) is 0 Å². The first kappa shape index (κ1) is 13.4. The van der Waals surface area contributed by atoms with Crippen molar-refractivity contribution in [2.75, 3.05) is 13.1 Å². The number of piperidine rings is 1. The highest BCUT2D eigenvalue weighted by Gasteiger charge is 2.42. The molecular weight excluding hydrogens is 260 g/mol. The smallest absolute Gasteiger partial charge is 0.322 e. The van der Waals surface area contributed by atoms with Crippen LogP contribution in [0.25, 0.3) is 0 Å². The minimum Gasteiger partial charge on any atom is -0.340 e. The van der Waals surface area contributed by atoms with Crippen molar-refractivity contribution in [1.29, 1.82) is 0 Å². The number of hydrogen-bond donors (Lipinski definition) is 3. The summed E-state index contributed by atoms with van der Waals surface area (Å²) in [6.45, 7) is 1.34. The predicted molar refractivity (Wildman–Crippen MR) is 70.5 cm³/mol. The van der Waals surface area contributed by atoms with E-state index in [0.29, 0.717) is 31.3 Å². The van der Waals surface area contributed by atoms with Gasteiger partial charge in [0.1, 0.15) is 6.04 Å². The van der Waals surface area contributed by atoms with Gasteiger partial charge in [-0.05, 0) is 31.1 Å². The van der Waals surface area contributed by atoms with Gasteiger partial charge < -0.3 is 16.0 Å². The molecule has 20 heavy (non-hydrogen) atoms. The Morgan fingerprint density at radius 3 is 2.45 bits per heavy atom. The molecular formula is C13H20N4O3. The van der Waals surface area contributed by atoms with Crippen molar-refractivity contribution in [1.82, 2.24) is 15.5 Å². The molecule has 2 bridgehead atoms. The van der Waals surface area contributed by atoms with E-state index in [4.69, 9.17) is 5.73 Å². The molecule has 7 heteroatoms. The number of amides is 4. The summed E-state index contributed by atoms with van der Waals surface area (Å²) in [5.74, 6) is 0.329. The fraction of sp³-hybridized carbons (Fsp3) is 0.769. The molecule has 4 N–H and O–H groups in total. The maximum absolute atomic E-state index is 12.5. The van der Waals surface area contributed by atoms with Gasteiger partial charge in [0.15, 0.2) is 0 Å². The Morgan fingerprint density at radius 2 is 1.80 bits per heavy atom. The maximum Gasteiger partial charge on any atom is 0.322 e. The first-order valence-electron chi connectivity index (χ1n) is 7.19. The quantitative estimate of drug-likeness (QED) is 0.583. The number of carbonyl (C=O) groups is 3. The van der Waals surface area contributed by atoms with E-state index in [2.05, 4.69) is 10.6 Å². The molecule has 3 fully saturated rings. The highest BCUT2D eigenvalue weighted by atomic mass is 16.2. The molecule has 1 saturated carbocycles. The Kier molecular flexibility index (Phi) is 3.37. The summed E-state index contributed by atoms with van der Waals surface area (Å²) in [4.78, 5) is 37.1. The molecule has 2 unspecified atom stereocenters. The molecule has 110 valence electrons. The number of nitrogens with zero attached hydrogens (tertiary/aromatic N) is 1. The molecule has 4 amide bonds. The van der Waals surface area contributed by atoms with Crippen LogP contribution in [0.1, 0.15) is 25.7 Å². The van der Waals surface area contributed by atoms with Crippen LogP contribution >= 0.6 is 0 Å². The molecule has 2 heterocycles. The monoisotopic (exact) mass is 280 g/mol. The van der Waals surface area contributed by atoms with Gasteiger partial charge in [0.2, 0.25) is 11.8 Å². The van der Waals surface area contributed by atoms with Crippen molar-refractivity contribution >= 4 is 17.8 Å². The molecule has 4 atom stereocenters. The minimum absolute atomic E-state index is 0.0846. The van der Waals surface area contributed by atoms with Crippen molar-refractivity contribution in [3.8, 4) is 0 Å². The second kappa shape index (κ2) is 5.05. The van der Waals surface area contributed by atoms with Crippen molar-refractivity contribution in [3.63, 3.8) is 0 Å². The topological polar surface area (TPSA) is 105 Å². The average molecular weight is 280 g/mol. The van der Waals surface area contributed by atoms with Gasteiger partial charge in [0, 0.05) is 25.6 Å². The first-order chi connectivity index (χ1) is 9.54. The van der Waals surface area contributed by atoms with E-state index in [1.807, 2.05) is 4.90 Å². The van der Waals surface area contributed by atoms with E-state index in [1.54, 1.807) is 0 Å². The Balaban J connectivity index is 1.67. The molecule has 3 rings (SSSR count). The second-order valence-corrected chi connectivity index (χ2v) is 6.03. The van der Waals surface area contributed by atoms with Gasteiger partial charge in [-0.3, -0.25) is 14.9 Å². The summed E-state index contributed by atoms with van der Waals surface area (Å²) in [7, 11) is 0. The summed E-state index contributed by atoms with van der Waals surface area (Å²) in [6.07, 6.45) is 2.70. The van der Waals surface area contributed by atoms with Gasteiger partial charge in [-0.25, -0.2) is 4.79 Å². The highest BCUT2D eigenvalue weighted by molar-refractivity contribution is 5.98. The van der Waals surface area contributed by atoms with Crippen molar-refractivity contribution in [2.24, 2.45) is 17.6 Å². The van der Waals surface area contributed by atoms with E-state index in [1.165, 1.54) is 0 Å². The third-order valence-electron chi connectivity index (χ3n) is 4.73. The summed E-state index contributed by atoms with van der Waals surface area (Å²) in [5.41, 5.74) is 6.13. The molecule has 1 aliphatic carbocycles. The fourth-order valence-corrected chi connectivity index (χ4v) is 3.58. The predicted octanol–water partition coefficient (Wildman–Crippen LogP) is -0.830. The van der Waals surface area contributed by atoms with Crippen molar-refractivity contribution in [2.45, 2.75) is 37.8 Å². The molecule has 0 spiro atoms. The van der Waals surface area contributed by atoms with Crippen molar-refractivity contribution in [3.05, 3.63) is 0 Å². The summed E-state index contributed by atoms with van der Waals surface area (Å²) in [6, 6.07) is -0.983. The van der Waals surface area contributed by atoms with Gasteiger partial charge in [0.05, 0.1) is 0 Å². The van der Waals surface area contributed by atoms with Crippen LogP contribution in [0.15, 0.2) is 0 Å². The lowest BCUT2D eigenvalue weighted by atomic mass is 9.92. The van der Waals surface area contributed by atoms with E-state index in [-0.39, 0.29) is 24.3 Å². The van der Waals surface area contributed by atoms with Gasteiger partial charge in [-0.1, -0.05) is 0 Å². The molecule has 3 aliphatic rings. The number of carbonyl (C=O) groups excluding carboxylic acids is 3. The van der Waals surface area contributed by atoms with Crippen LogP contribution in [0.2, 0.25) is 0 Å². The van der Waals surface area contributed by atoms with Gasteiger partial charge >= 0.3 is 6.03 Å². The van der Waals surface area contributed by atoms with Crippen LogP contribution in [0.3, 0.4) is 0 Å². The molecule has 0 aromatic carbocycles. The van der Waals surface area contributed by atoms with Crippen LogP contribution in [-0.2, 0) is 9.59 Å². The number of fused-ring (bicyclic) bond motifs is 2. The third kappa shape index (κ3) is 2.37. The van der Waals surface area contributed by atoms with E-state index >= 15 is 0 Å².